The third-order valence-electron chi connectivity index (χ3n) is 6.73. The van der Waals surface area contributed by atoms with E-state index in [4.69, 9.17) is 18.9 Å². The molecule has 1 fully saturated rings. The van der Waals surface area contributed by atoms with Crippen molar-refractivity contribution < 1.29 is 23.7 Å². The summed E-state index contributed by atoms with van der Waals surface area (Å²) < 4.78 is 23.0. The monoisotopic (exact) mass is 503 g/mol. The van der Waals surface area contributed by atoms with Crippen molar-refractivity contribution in [3.05, 3.63) is 95.6 Å². The number of methoxy groups -OCH3 is 1. The van der Waals surface area contributed by atoms with Gasteiger partial charge >= 0.3 is 6.09 Å². The normalized spacial score (nSPS) is 17.0. The Morgan fingerprint density at radius 2 is 1.68 bits per heavy atom. The minimum Gasteiger partial charge on any atom is -0.497 e. The van der Waals surface area contributed by atoms with Crippen molar-refractivity contribution >= 4 is 6.09 Å². The van der Waals surface area contributed by atoms with Crippen LogP contribution < -0.4 is 9.47 Å². The van der Waals surface area contributed by atoms with Crippen molar-refractivity contribution in [3.63, 3.8) is 0 Å². The fraction of sp³-hybridized carbons (Fsp3) is 0.387. The summed E-state index contributed by atoms with van der Waals surface area (Å²) in [5, 5.41) is 0. The Morgan fingerprint density at radius 3 is 2.43 bits per heavy atom. The summed E-state index contributed by atoms with van der Waals surface area (Å²) in [4.78, 5) is 14.4. The number of likely N-dealkylation sites (tertiary alicyclic amines) is 1. The van der Waals surface area contributed by atoms with Gasteiger partial charge in [-0.15, -0.1) is 0 Å². The second-order valence-corrected chi connectivity index (χ2v) is 9.25. The fourth-order valence-electron chi connectivity index (χ4n) is 4.71. The second kappa shape index (κ2) is 13.7. The summed E-state index contributed by atoms with van der Waals surface area (Å²) in [6, 6.07) is 26.5. The number of amides is 1. The first-order valence-corrected chi connectivity index (χ1v) is 13.1. The molecule has 3 aromatic rings. The molecule has 1 heterocycles. The van der Waals surface area contributed by atoms with E-state index in [0.717, 1.165) is 42.7 Å². The molecule has 1 aliphatic heterocycles. The Bertz CT molecular complexity index is 1100. The smallest absolute Gasteiger partial charge is 0.410 e. The average Bonchev–Trinajstić information content (AvgIpc) is 3.35. The first-order valence-electron chi connectivity index (χ1n) is 13.1. The zero-order chi connectivity index (χ0) is 25.9. The van der Waals surface area contributed by atoms with Crippen molar-refractivity contribution in [1.29, 1.82) is 0 Å². The number of aryl methyl sites for hydroxylation is 2. The molecule has 37 heavy (non-hydrogen) atoms. The van der Waals surface area contributed by atoms with Crippen molar-refractivity contribution in [2.45, 2.75) is 51.4 Å². The molecule has 4 rings (SSSR count). The third kappa shape index (κ3) is 7.73. The Morgan fingerprint density at radius 1 is 0.919 bits per heavy atom. The number of rotatable bonds is 12. The first-order chi connectivity index (χ1) is 18.2. The van der Waals surface area contributed by atoms with Crippen molar-refractivity contribution in [1.82, 2.24) is 4.90 Å². The van der Waals surface area contributed by atoms with Gasteiger partial charge in [-0.25, -0.2) is 4.79 Å². The summed E-state index contributed by atoms with van der Waals surface area (Å²) in [6.07, 6.45) is 3.00. The van der Waals surface area contributed by atoms with Crippen LogP contribution in [0.15, 0.2) is 78.9 Å². The third-order valence-corrected chi connectivity index (χ3v) is 6.73. The van der Waals surface area contributed by atoms with E-state index in [1.165, 1.54) is 11.1 Å². The van der Waals surface area contributed by atoms with Crippen molar-refractivity contribution in [2.24, 2.45) is 0 Å². The van der Waals surface area contributed by atoms with Crippen LogP contribution in [0.2, 0.25) is 0 Å². The lowest BCUT2D eigenvalue weighted by atomic mass is 10.0. The molecule has 1 aliphatic rings. The minimum atomic E-state index is -0.279. The lowest BCUT2D eigenvalue weighted by Crippen LogP contribution is -2.37. The Labute approximate surface area is 220 Å². The molecule has 0 bridgehead atoms. The average molecular weight is 504 g/mol. The number of carbonyl (C=O) groups is 1. The molecule has 2 atom stereocenters. The van der Waals surface area contributed by atoms with Gasteiger partial charge in [0.15, 0.2) is 0 Å². The highest BCUT2D eigenvalue weighted by molar-refractivity contribution is 5.68. The predicted octanol–water partition coefficient (Wildman–Crippen LogP) is 6.07. The molecule has 0 spiro atoms. The molecular formula is C31H37NO5. The van der Waals surface area contributed by atoms with Gasteiger partial charge in [-0.2, -0.15) is 0 Å². The number of para-hydroxylation sites is 1. The van der Waals surface area contributed by atoms with Crippen LogP contribution in [0.25, 0.3) is 0 Å². The first kappa shape index (κ1) is 26.6. The summed E-state index contributed by atoms with van der Waals surface area (Å²) >= 11 is 0. The molecule has 0 radical (unpaired) electrons. The van der Waals surface area contributed by atoms with E-state index in [0.29, 0.717) is 26.4 Å². The van der Waals surface area contributed by atoms with Crippen LogP contribution in [0.5, 0.6) is 11.5 Å². The Hall–Kier alpha value is -3.51. The van der Waals surface area contributed by atoms with Gasteiger partial charge in [-0.05, 0) is 61.1 Å². The molecule has 0 aliphatic carbocycles. The molecule has 1 saturated heterocycles. The zero-order valence-corrected chi connectivity index (χ0v) is 21.8. The number of ether oxygens (including phenoxy) is 4. The minimum absolute atomic E-state index is 0.0197. The number of hydrogen-bond acceptors (Lipinski definition) is 5. The maximum absolute atomic E-state index is 12.6. The highest BCUT2D eigenvalue weighted by Gasteiger charge is 2.36. The molecule has 6 nitrogen and oxygen atoms in total. The van der Waals surface area contributed by atoms with E-state index in [-0.39, 0.29) is 18.2 Å². The van der Waals surface area contributed by atoms with Gasteiger partial charge in [0.1, 0.15) is 11.5 Å². The molecule has 196 valence electrons. The SMILES string of the molecule is CCOC(=O)N1C[C@H](OCc2ccccc2)C[C@H]1CCOc1ccccc1CCc1ccc(OC)cc1. The fourth-order valence-corrected chi connectivity index (χ4v) is 4.71. The molecule has 0 unspecified atom stereocenters. The number of benzene rings is 3. The van der Waals surface area contributed by atoms with E-state index < -0.39 is 0 Å². The van der Waals surface area contributed by atoms with Crippen molar-refractivity contribution in [2.75, 3.05) is 26.9 Å². The highest BCUT2D eigenvalue weighted by Crippen LogP contribution is 2.26. The van der Waals surface area contributed by atoms with E-state index in [1.807, 2.05) is 55.5 Å². The molecule has 3 aromatic carbocycles. The largest absolute Gasteiger partial charge is 0.497 e. The molecular weight excluding hydrogens is 466 g/mol. The molecule has 0 N–H and O–H groups in total. The van der Waals surface area contributed by atoms with Crippen LogP contribution in [0.3, 0.4) is 0 Å². The van der Waals surface area contributed by atoms with Crippen LogP contribution in [0.4, 0.5) is 4.79 Å². The number of hydrogen-bond donors (Lipinski definition) is 0. The molecule has 0 saturated carbocycles. The standard InChI is InChI=1S/C31H37NO5/c1-3-35-31(33)32-22-29(37-23-25-9-5-4-6-10-25)21-27(32)19-20-36-30-12-8-7-11-26(30)16-13-24-14-17-28(34-2)18-15-24/h4-12,14-15,17-18,27,29H,3,13,16,19-23H2,1-2H3/t27-,29-/m1/s1. The van der Waals surface area contributed by atoms with Gasteiger partial charge in [0.25, 0.3) is 0 Å². The number of carbonyl (C=O) groups excluding carboxylic acids is 1. The van der Waals surface area contributed by atoms with E-state index in [1.54, 1.807) is 12.0 Å². The van der Waals surface area contributed by atoms with Gasteiger partial charge < -0.3 is 23.8 Å². The second-order valence-electron chi connectivity index (χ2n) is 9.25. The van der Waals surface area contributed by atoms with Gasteiger partial charge in [0, 0.05) is 12.5 Å². The molecule has 1 amide bonds. The van der Waals surface area contributed by atoms with Crippen LogP contribution in [0.1, 0.15) is 36.5 Å². The summed E-state index contributed by atoms with van der Waals surface area (Å²) in [7, 11) is 1.68. The van der Waals surface area contributed by atoms with E-state index in [9.17, 15) is 4.79 Å². The molecule has 0 aromatic heterocycles. The number of nitrogens with zero attached hydrogens (tertiary/aromatic N) is 1. The van der Waals surface area contributed by atoms with Crippen molar-refractivity contribution in [3.8, 4) is 11.5 Å². The Balaban J connectivity index is 1.31. The van der Waals surface area contributed by atoms with E-state index in [2.05, 4.69) is 30.3 Å². The predicted molar refractivity (Wildman–Crippen MR) is 144 cm³/mol. The summed E-state index contributed by atoms with van der Waals surface area (Å²) in [6.45, 7) is 3.78. The quantitative estimate of drug-likeness (QED) is 0.300. The topological polar surface area (TPSA) is 57.2 Å². The van der Waals surface area contributed by atoms with E-state index >= 15 is 0 Å². The summed E-state index contributed by atoms with van der Waals surface area (Å²) in [5.41, 5.74) is 3.56. The Kier molecular flexibility index (Phi) is 9.83. The van der Waals surface area contributed by atoms with Crippen LogP contribution in [0, 0.1) is 0 Å². The van der Waals surface area contributed by atoms with Crippen LogP contribution in [-0.4, -0.2) is 50.0 Å². The zero-order valence-electron chi connectivity index (χ0n) is 21.8. The summed E-state index contributed by atoms with van der Waals surface area (Å²) in [5.74, 6) is 1.76. The highest BCUT2D eigenvalue weighted by atomic mass is 16.6. The molecule has 6 heteroatoms. The van der Waals surface area contributed by atoms with Gasteiger partial charge in [0.05, 0.1) is 39.6 Å². The lowest BCUT2D eigenvalue weighted by Gasteiger charge is -2.23. The van der Waals surface area contributed by atoms with Gasteiger partial charge in [-0.1, -0.05) is 60.7 Å². The maximum Gasteiger partial charge on any atom is 0.410 e. The van der Waals surface area contributed by atoms with Crippen LogP contribution >= 0.6 is 0 Å². The lowest BCUT2D eigenvalue weighted by molar-refractivity contribution is 0.0442. The van der Waals surface area contributed by atoms with Crippen LogP contribution in [-0.2, 0) is 28.9 Å². The van der Waals surface area contributed by atoms with Gasteiger partial charge in [-0.3, -0.25) is 0 Å². The maximum atomic E-state index is 12.6. The van der Waals surface area contributed by atoms with Gasteiger partial charge in [0.2, 0.25) is 0 Å².